The van der Waals surface area contributed by atoms with Crippen molar-refractivity contribution in [2.75, 3.05) is 5.32 Å². The van der Waals surface area contributed by atoms with Gasteiger partial charge < -0.3 is 14.4 Å². The van der Waals surface area contributed by atoms with Gasteiger partial charge in [0.1, 0.15) is 29.9 Å². The Labute approximate surface area is 180 Å². The molecule has 0 aliphatic rings. The van der Waals surface area contributed by atoms with Gasteiger partial charge in [-0.2, -0.15) is 4.98 Å². The Hall–Kier alpha value is -4.34. The second kappa shape index (κ2) is 7.73. The first-order chi connectivity index (χ1) is 15.5. The van der Waals surface area contributed by atoms with Crippen LogP contribution in [0.5, 0.6) is 0 Å². The van der Waals surface area contributed by atoms with Crippen LogP contribution in [0.15, 0.2) is 64.2 Å². The van der Waals surface area contributed by atoms with Crippen molar-refractivity contribution in [2.24, 2.45) is 0 Å². The van der Waals surface area contributed by atoms with Gasteiger partial charge in [0.05, 0.1) is 11.8 Å². The van der Waals surface area contributed by atoms with Gasteiger partial charge in [0.25, 0.3) is 5.56 Å². The van der Waals surface area contributed by atoms with E-state index in [0.29, 0.717) is 28.1 Å². The van der Waals surface area contributed by atoms with Gasteiger partial charge in [0.2, 0.25) is 11.8 Å². The number of carbonyl (C=O) groups is 1. The van der Waals surface area contributed by atoms with Crippen LogP contribution in [-0.2, 0) is 17.9 Å². The Kier molecular flexibility index (Phi) is 4.74. The molecule has 9 nitrogen and oxygen atoms in total. The maximum atomic E-state index is 13.3. The molecule has 3 aromatic heterocycles. The maximum absolute atomic E-state index is 13.3. The van der Waals surface area contributed by atoms with Crippen LogP contribution >= 0.6 is 0 Å². The number of nitrogens with one attached hydrogen (secondary N) is 1. The molecule has 10 heteroatoms. The molecular weight excluding hydrogens is 415 g/mol. The van der Waals surface area contributed by atoms with Gasteiger partial charge in [-0.1, -0.05) is 23.4 Å². The molecule has 0 aliphatic heterocycles. The zero-order chi connectivity index (χ0) is 22.2. The summed E-state index contributed by atoms with van der Waals surface area (Å²) in [5.74, 6) is -0.00817. The molecule has 2 aromatic carbocycles. The number of halogens is 1. The fraction of sp³-hybridized carbons (Fsp3) is 0.136. The molecule has 5 aromatic rings. The summed E-state index contributed by atoms with van der Waals surface area (Å²) < 4.78 is 21.3. The molecule has 0 spiro atoms. The lowest BCUT2D eigenvalue weighted by Crippen LogP contribution is -2.25. The van der Waals surface area contributed by atoms with E-state index in [2.05, 4.69) is 20.4 Å². The van der Waals surface area contributed by atoms with Crippen molar-refractivity contribution in [2.45, 2.75) is 20.0 Å². The highest BCUT2D eigenvalue weighted by Gasteiger charge is 2.19. The smallest absolute Gasteiger partial charge is 0.278 e. The molecule has 0 aliphatic carbocycles. The summed E-state index contributed by atoms with van der Waals surface area (Å²) >= 11 is 0. The molecule has 5 rings (SSSR count). The highest BCUT2D eigenvalue weighted by molar-refractivity contribution is 6.06. The van der Waals surface area contributed by atoms with Crippen molar-refractivity contribution < 1.29 is 13.7 Å². The highest BCUT2D eigenvalue weighted by atomic mass is 19.1. The molecule has 160 valence electrons. The number of benzene rings is 2. The molecule has 3 heterocycles. The first kappa shape index (κ1) is 19.6. The standard InChI is InChI=1S/C22H17FN6O3/c1-13-25-19(32-27-13)11-28-12-24-20-16-4-2-3-5-17(16)29(21(20)22(28)31)10-18(30)26-15-8-6-14(23)7-9-15/h2-9,12H,10-11H2,1H3,(H,26,30). The maximum Gasteiger partial charge on any atom is 0.278 e. The van der Waals surface area contributed by atoms with E-state index in [1.165, 1.54) is 35.2 Å². The summed E-state index contributed by atoms with van der Waals surface area (Å²) in [4.78, 5) is 34.7. The van der Waals surface area contributed by atoms with Crippen LogP contribution < -0.4 is 10.9 Å². The van der Waals surface area contributed by atoms with Crippen molar-refractivity contribution in [3.05, 3.63) is 82.7 Å². The van der Waals surface area contributed by atoms with Gasteiger partial charge in [-0.3, -0.25) is 14.2 Å². The van der Waals surface area contributed by atoms with Crippen LogP contribution in [0.4, 0.5) is 10.1 Å². The number of aromatic nitrogens is 5. The van der Waals surface area contributed by atoms with Crippen LogP contribution in [0, 0.1) is 12.7 Å². The largest absolute Gasteiger partial charge is 0.337 e. The molecular formula is C22H17FN6O3. The average molecular weight is 432 g/mol. The van der Waals surface area contributed by atoms with E-state index < -0.39 is 5.82 Å². The number of hydrogen-bond donors (Lipinski definition) is 1. The predicted octanol–water partition coefficient (Wildman–Crippen LogP) is 2.87. The van der Waals surface area contributed by atoms with Crippen LogP contribution in [-0.4, -0.2) is 30.2 Å². The second-order valence-electron chi connectivity index (χ2n) is 7.27. The summed E-state index contributed by atoms with van der Waals surface area (Å²) in [6.45, 7) is 1.63. The fourth-order valence-corrected chi connectivity index (χ4v) is 3.65. The lowest BCUT2D eigenvalue weighted by molar-refractivity contribution is -0.116. The Bertz CT molecular complexity index is 1520. The molecule has 1 N–H and O–H groups in total. The molecule has 0 unspecified atom stereocenters. The summed E-state index contributed by atoms with van der Waals surface area (Å²) in [7, 11) is 0. The van der Waals surface area contributed by atoms with Gasteiger partial charge in [0.15, 0.2) is 5.82 Å². The van der Waals surface area contributed by atoms with Crippen LogP contribution in [0.3, 0.4) is 0 Å². The Balaban J connectivity index is 1.57. The molecule has 0 atom stereocenters. The molecule has 0 saturated heterocycles. The average Bonchev–Trinajstić information content (AvgIpc) is 3.33. The zero-order valence-electron chi connectivity index (χ0n) is 16.9. The number of anilines is 1. The summed E-state index contributed by atoms with van der Waals surface area (Å²) in [5.41, 5.74) is 1.61. The summed E-state index contributed by atoms with van der Waals surface area (Å²) in [6, 6.07) is 12.8. The molecule has 1 amide bonds. The van der Waals surface area contributed by atoms with E-state index in [4.69, 9.17) is 4.52 Å². The number of hydrogen-bond acceptors (Lipinski definition) is 6. The van der Waals surface area contributed by atoms with E-state index >= 15 is 0 Å². The minimum Gasteiger partial charge on any atom is -0.337 e. The van der Waals surface area contributed by atoms with Gasteiger partial charge in [-0.15, -0.1) is 0 Å². The normalized spacial score (nSPS) is 11.3. The predicted molar refractivity (Wildman–Crippen MR) is 115 cm³/mol. The third kappa shape index (κ3) is 3.51. The van der Waals surface area contributed by atoms with E-state index in [0.717, 1.165) is 5.39 Å². The Morgan fingerprint density at radius 2 is 1.94 bits per heavy atom. The van der Waals surface area contributed by atoms with E-state index in [1.54, 1.807) is 11.5 Å². The Morgan fingerprint density at radius 3 is 2.69 bits per heavy atom. The van der Waals surface area contributed by atoms with Crippen molar-refractivity contribution in [3.8, 4) is 0 Å². The van der Waals surface area contributed by atoms with Crippen molar-refractivity contribution in [3.63, 3.8) is 0 Å². The van der Waals surface area contributed by atoms with Crippen LogP contribution in [0.2, 0.25) is 0 Å². The first-order valence-corrected chi connectivity index (χ1v) is 9.80. The van der Waals surface area contributed by atoms with Gasteiger partial charge >= 0.3 is 0 Å². The lowest BCUT2D eigenvalue weighted by Gasteiger charge is -2.09. The number of nitrogens with zero attached hydrogens (tertiary/aromatic N) is 5. The number of rotatable bonds is 5. The third-order valence-electron chi connectivity index (χ3n) is 5.04. The molecule has 0 saturated carbocycles. The molecule has 0 radical (unpaired) electrons. The van der Waals surface area contributed by atoms with E-state index in [1.807, 2.05) is 24.3 Å². The van der Waals surface area contributed by atoms with Crippen LogP contribution in [0.25, 0.3) is 21.9 Å². The lowest BCUT2D eigenvalue weighted by atomic mass is 10.2. The monoisotopic (exact) mass is 432 g/mol. The minimum absolute atomic E-state index is 0.0614. The highest BCUT2D eigenvalue weighted by Crippen LogP contribution is 2.25. The number of amides is 1. The van der Waals surface area contributed by atoms with Crippen molar-refractivity contribution in [1.82, 2.24) is 24.3 Å². The SMILES string of the molecule is Cc1noc(Cn2cnc3c4ccccc4n(CC(=O)Nc4ccc(F)cc4)c3c2=O)n1. The van der Waals surface area contributed by atoms with Crippen molar-refractivity contribution >= 4 is 33.5 Å². The fourth-order valence-electron chi connectivity index (χ4n) is 3.65. The first-order valence-electron chi connectivity index (χ1n) is 9.80. The third-order valence-corrected chi connectivity index (χ3v) is 5.04. The topological polar surface area (TPSA) is 108 Å². The quantitative estimate of drug-likeness (QED) is 0.458. The van der Waals surface area contributed by atoms with Gasteiger partial charge in [-0.05, 0) is 37.3 Å². The molecule has 0 bridgehead atoms. The number of aryl methyl sites for hydroxylation is 1. The van der Waals surface area contributed by atoms with E-state index in [9.17, 15) is 14.0 Å². The van der Waals surface area contributed by atoms with Gasteiger partial charge in [0, 0.05) is 11.1 Å². The zero-order valence-corrected chi connectivity index (χ0v) is 16.9. The van der Waals surface area contributed by atoms with Crippen molar-refractivity contribution in [1.29, 1.82) is 0 Å². The van der Waals surface area contributed by atoms with Gasteiger partial charge in [-0.25, -0.2) is 9.37 Å². The molecule has 0 fully saturated rings. The summed E-state index contributed by atoms with van der Waals surface area (Å²) in [5, 5.41) is 7.22. The molecule has 32 heavy (non-hydrogen) atoms. The van der Waals surface area contributed by atoms with E-state index in [-0.39, 0.29) is 30.4 Å². The Morgan fingerprint density at radius 1 is 1.16 bits per heavy atom. The summed E-state index contributed by atoms with van der Waals surface area (Å²) in [6.07, 6.45) is 1.43. The number of carbonyl (C=O) groups excluding carboxylic acids is 1. The van der Waals surface area contributed by atoms with Crippen LogP contribution in [0.1, 0.15) is 11.7 Å². The second-order valence-corrected chi connectivity index (χ2v) is 7.27. The minimum atomic E-state index is -0.395. The number of fused-ring (bicyclic) bond motifs is 3. The number of para-hydroxylation sites is 1.